The Kier molecular flexibility index (Phi) is 3.94. The van der Waals surface area contributed by atoms with E-state index in [1.54, 1.807) is 17.4 Å². The molecule has 0 fully saturated rings. The molecule has 6 heteroatoms. The summed E-state index contributed by atoms with van der Waals surface area (Å²) >= 11 is 1.62. The Bertz CT molecular complexity index is 741. The summed E-state index contributed by atoms with van der Waals surface area (Å²) in [4.78, 5) is 26.4. The first-order chi connectivity index (χ1) is 10.5. The number of fused-ring (bicyclic) bond motifs is 1. The quantitative estimate of drug-likeness (QED) is 0.914. The summed E-state index contributed by atoms with van der Waals surface area (Å²) in [7, 11) is 0. The van der Waals surface area contributed by atoms with Crippen molar-refractivity contribution in [2.45, 2.75) is 25.8 Å². The summed E-state index contributed by atoms with van der Waals surface area (Å²) in [6.07, 6.45) is 0.0773. The number of anilines is 1. The molecular weight excluding hydrogens is 303 g/mol. The number of halogens is 1. The largest absolute Gasteiger partial charge is 0.351 e. The Morgan fingerprint density at radius 3 is 2.95 bits per heavy atom. The molecular formula is C16H15FN2O2S. The van der Waals surface area contributed by atoms with Crippen molar-refractivity contribution in [3.05, 3.63) is 51.5 Å². The average molecular weight is 318 g/mol. The fourth-order valence-corrected chi connectivity index (χ4v) is 3.38. The van der Waals surface area contributed by atoms with Gasteiger partial charge in [0.25, 0.3) is 0 Å². The van der Waals surface area contributed by atoms with Crippen LogP contribution in [0.25, 0.3) is 0 Å². The topological polar surface area (TPSA) is 58.2 Å². The van der Waals surface area contributed by atoms with E-state index in [0.717, 1.165) is 4.88 Å². The highest BCUT2D eigenvalue weighted by molar-refractivity contribution is 7.11. The molecule has 22 heavy (non-hydrogen) atoms. The zero-order valence-electron chi connectivity index (χ0n) is 12.0. The molecule has 1 aromatic heterocycles. The zero-order chi connectivity index (χ0) is 15.7. The van der Waals surface area contributed by atoms with Gasteiger partial charge in [-0.25, -0.2) is 4.39 Å². The molecule has 0 aliphatic carbocycles. The minimum Gasteiger partial charge on any atom is -0.351 e. The Morgan fingerprint density at radius 1 is 1.41 bits per heavy atom. The monoisotopic (exact) mass is 318 g/mol. The zero-order valence-corrected chi connectivity index (χ0v) is 12.8. The van der Waals surface area contributed by atoms with Crippen LogP contribution in [0.4, 0.5) is 10.1 Å². The van der Waals surface area contributed by atoms with Gasteiger partial charge in [-0.05, 0) is 36.8 Å². The van der Waals surface area contributed by atoms with Gasteiger partial charge in [0.05, 0.1) is 12.5 Å². The van der Waals surface area contributed by atoms with Crippen LogP contribution in [0.1, 0.15) is 27.7 Å². The van der Waals surface area contributed by atoms with E-state index in [4.69, 9.17) is 0 Å². The third kappa shape index (κ3) is 3.01. The highest BCUT2D eigenvalue weighted by Gasteiger charge is 2.30. The van der Waals surface area contributed by atoms with Crippen molar-refractivity contribution in [3.63, 3.8) is 0 Å². The highest BCUT2D eigenvalue weighted by atomic mass is 32.1. The Hall–Kier alpha value is -2.21. The lowest BCUT2D eigenvalue weighted by Crippen LogP contribution is -2.34. The van der Waals surface area contributed by atoms with Gasteiger partial charge in [0, 0.05) is 21.9 Å². The molecule has 3 rings (SSSR count). The van der Waals surface area contributed by atoms with Crippen LogP contribution in [0.2, 0.25) is 0 Å². The van der Waals surface area contributed by atoms with Crippen LogP contribution in [-0.4, -0.2) is 11.8 Å². The maximum absolute atomic E-state index is 13.3. The van der Waals surface area contributed by atoms with Gasteiger partial charge < -0.3 is 10.6 Å². The Balaban J connectivity index is 1.76. The summed E-state index contributed by atoms with van der Waals surface area (Å²) in [6, 6.07) is 8.08. The van der Waals surface area contributed by atoms with E-state index in [2.05, 4.69) is 10.6 Å². The van der Waals surface area contributed by atoms with E-state index in [1.165, 1.54) is 17.0 Å². The molecule has 4 nitrogen and oxygen atoms in total. The molecule has 0 saturated heterocycles. The molecule has 114 valence electrons. The van der Waals surface area contributed by atoms with E-state index in [-0.39, 0.29) is 18.2 Å². The standard InChI is InChI=1S/C16H15FN2O2S/c1-9-2-4-11(22-9)8-18-16(21)13-7-15(20)19-14-6-10(17)3-5-12(13)14/h2-6,13H,7-8H2,1H3,(H,18,21)(H,19,20)/t13-/m1/s1. The van der Waals surface area contributed by atoms with Crippen LogP contribution in [0.15, 0.2) is 30.3 Å². The number of rotatable bonds is 3. The van der Waals surface area contributed by atoms with Gasteiger partial charge in [-0.15, -0.1) is 11.3 Å². The fourth-order valence-electron chi connectivity index (χ4n) is 2.55. The van der Waals surface area contributed by atoms with Gasteiger partial charge in [0.15, 0.2) is 0 Å². The van der Waals surface area contributed by atoms with Crippen LogP contribution in [0, 0.1) is 12.7 Å². The number of benzene rings is 1. The van der Waals surface area contributed by atoms with Gasteiger partial charge in [0.1, 0.15) is 5.82 Å². The summed E-state index contributed by atoms with van der Waals surface area (Å²) in [6.45, 7) is 2.44. The van der Waals surface area contributed by atoms with Crippen LogP contribution >= 0.6 is 11.3 Å². The Morgan fingerprint density at radius 2 is 2.23 bits per heavy atom. The lowest BCUT2D eigenvalue weighted by molar-refractivity contribution is -0.126. The fraction of sp³-hybridized carbons (Fsp3) is 0.250. The number of nitrogens with one attached hydrogen (secondary N) is 2. The van der Waals surface area contributed by atoms with Gasteiger partial charge >= 0.3 is 0 Å². The first-order valence-corrected chi connectivity index (χ1v) is 7.77. The van der Waals surface area contributed by atoms with Gasteiger partial charge in [-0.2, -0.15) is 0 Å². The van der Waals surface area contributed by atoms with Crippen molar-refractivity contribution < 1.29 is 14.0 Å². The SMILES string of the molecule is Cc1ccc(CNC(=O)[C@@H]2CC(=O)Nc3cc(F)ccc32)s1. The van der Waals surface area contributed by atoms with Crippen LogP contribution in [-0.2, 0) is 16.1 Å². The number of amides is 2. The molecule has 2 heterocycles. The van der Waals surface area contributed by atoms with Gasteiger partial charge in [-0.3, -0.25) is 9.59 Å². The number of aryl methyl sites for hydroxylation is 1. The second-order valence-electron chi connectivity index (χ2n) is 5.27. The lowest BCUT2D eigenvalue weighted by Gasteiger charge is -2.24. The predicted molar refractivity (Wildman–Crippen MR) is 83.3 cm³/mol. The van der Waals surface area contributed by atoms with Crippen molar-refractivity contribution in [2.24, 2.45) is 0 Å². The molecule has 0 radical (unpaired) electrons. The average Bonchev–Trinajstić information content (AvgIpc) is 2.89. The molecule has 0 unspecified atom stereocenters. The number of hydrogen-bond donors (Lipinski definition) is 2. The van der Waals surface area contributed by atoms with E-state index < -0.39 is 11.7 Å². The molecule has 1 aliphatic rings. The molecule has 2 N–H and O–H groups in total. The molecule has 2 aromatic rings. The molecule has 0 bridgehead atoms. The van der Waals surface area contributed by atoms with Crippen LogP contribution in [0.3, 0.4) is 0 Å². The predicted octanol–water partition coefficient (Wildman–Crippen LogP) is 2.94. The summed E-state index contributed by atoms with van der Waals surface area (Å²) in [5, 5.41) is 5.46. The van der Waals surface area contributed by atoms with E-state index >= 15 is 0 Å². The van der Waals surface area contributed by atoms with E-state index in [9.17, 15) is 14.0 Å². The third-order valence-corrected chi connectivity index (χ3v) is 4.60. The van der Waals surface area contributed by atoms with Gasteiger partial charge in [0.2, 0.25) is 11.8 Å². The molecule has 2 amide bonds. The van der Waals surface area contributed by atoms with Crippen LogP contribution < -0.4 is 10.6 Å². The van der Waals surface area contributed by atoms with Crippen molar-refractivity contribution >= 4 is 28.8 Å². The molecule has 1 aromatic carbocycles. The van der Waals surface area contributed by atoms with E-state index in [1.807, 2.05) is 19.1 Å². The van der Waals surface area contributed by atoms with Gasteiger partial charge in [-0.1, -0.05) is 6.07 Å². The molecule has 1 aliphatic heterocycles. The molecule has 0 saturated carbocycles. The first-order valence-electron chi connectivity index (χ1n) is 6.95. The second kappa shape index (κ2) is 5.88. The van der Waals surface area contributed by atoms with Crippen molar-refractivity contribution in [1.82, 2.24) is 5.32 Å². The summed E-state index contributed by atoms with van der Waals surface area (Å²) in [5.41, 5.74) is 1.03. The summed E-state index contributed by atoms with van der Waals surface area (Å²) in [5.74, 6) is -1.50. The van der Waals surface area contributed by atoms with Crippen molar-refractivity contribution in [1.29, 1.82) is 0 Å². The molecule has 0 spiro atoms. The van der Waals surface area contributed by atoms with Crippen molar-refractivity contribution in [2.75, 3.05) is 5.32 Å². The highest BCUT2D eigenvalue weighted by Crippen LogP contribution is 2.33. The summed E-state index contributed by atoms with van der Waals surface area (Å²) < 4.78 is 13.3. The third-order valence-electron chi connectivity index (χ3n) is 3.60. The first kappa shape index (κ1) is 14.7. The number of carbonyl (C=O) groups excluding carboxylic acids is 2. The van der Waals surface area contributed by atoms with Crippen LogP contribution in [0.5, 0.6) is 0 Å². The second-order valence-corrected chi connectivity index (χ2v) is 6.64. The maximum Gasteiger partial charge on any atom is 0.228 e. The number of thiophene rings is 1. The van der Waals surface area contributed by atoms with E-state index in [0.29, 0.717) is 17.8 Å². The maximum atomic E-state index is 13.3. The normalized spacial score (nSPS) is 16.8. The number of carbonyl (C=O) groups is 2. The van der Waals surface area contributed by atoms with Crippen molar-refractivity contribution in [3.8, 4) is 0 Å². The minimum atomic E-state index is -0.578. The smallest absolute Gasteiger partial charge is 0.228 e. The molecule has 1 atom stereocenters. The minimum absolute atomic E-state index is 0.0773. The number of hydrogen-bond acceptors (Lipinski definition) is 3. The Labute approximate surface area is 131 Å². The lowest BCUT2D eigenvalue weighted by atomic mass is 9.89.